The van der Waals surface area contributed by atoms with Crippen molar-refractivity contribution in [1.29, 1.82) is 0 Å². The minimum absolute atomic E-state index is 0.0288. The fourth-order valence-corrected chi connectivity index (χ4v) is 2.98. The Morgan fingerprint density at radius 3 is 2.35 bits per heavy atom. The molecule has 1 unspecified atom stereocenters. The van der Waals surface area contributed by atoms with Gasteiger partial charge in [-0.05, 0) is 29.8 Å². The van der Waals surface area contributed by atoms with Crippen LogP contribution in [-0.4, -0.2) is 21.9 Å². The van der Waals surface area contributed by atoms with E-state index in [1.54, 1.807) is 6.92 Å². The Morgan fingerprint density at radius 2 is 1.77 bits per heavy atom. The number of aromatic hydroxyl groups is 1. The van der Waals surface area contributed by atoms with Gasteiger partial charge in [0.1, 0.15) is 17.4 Å². The molecule has 1 atom stereocenters. The first-order valence-electron chi connectivity index (χ1n) is 7.89. The van der Waals surface area contributed by atoms with Crippen LogP contribution in [0.2, 0.25) is 0 Å². The molecule has 0 saturated heterocycles. The summed E-state index contributed by atoms with van der Waals surface area (Å²) in [5.41, 5.74) is -0.0347. The molecule has 0 radical (unpaired) electrons. The molecule has 1 aliphatic rings. The SMILES string of the molecule is CCC(=O)C1=C(O)C(=O)N(c2ccc(F)cc2F)C1c1ccc(O)cc1. The first-order valence-corrected chi connectivity index (χ1v) is 7.89. The van der Waals surface area contributed by atoms with Gasteiger partial charge in [0, 0.05) is 12.5 Å². The Morgan fingerprint density at radius 1 is 1.12 bits per heavy atom. The van der Waals surface area contributed by atoms with Crippen LogP contribution in [0.4, 0.5) is 14.5 Å². The van der Waals surface area contributed by atoms with Gasteiger partial charge < -0.3 is 10.2 Å². The van der Waals surface area contributed by atoms with Crippen LogP contribution in [0, 0.1) is 11.6 Å². The van der Waals surface area contributed by atoms with E-state index in [4.69, 9.17) is 0 Å². The number of hydrogen-bond donors (Lipinski definition) is 2. The van der Waals surface area contributed by atoms with Crippen molar-refractivity contribution in [1.82, 2.24) is 0 Å². The van der Waals surface area contributed by atoms with Crippen LogP contribution < -0.4 is 4.90 Å². The number of nitrogens with zero attached hydrogens (tertiary/aromatic N) is 1. The summed E-state index contributed by atoms with van der Waals surface area (Å²) < 4.78 is 27.6. The predicted octanol–water partition coefficient (Wildman–Crippen LogP) is 3.55. The summed E-state index contributed by atoms with van der Waals surface area (Å²) in [6.45, 7) is 1.57. The van der Waals surface area contributed by atoms with Crippen molar-refractivity contribution in [3.63, 3.8) is 0 Å². The van der Waals surface area contributed by atoms with E-state index in [0.29, 0.717) is 11.6 Å². The number of anilines is 1. The third-order valence-corrected chi connectivity index (χ3v) is 4.21. The van der Waals surface area contributed by atoms with Crippen LogP contribution >= 0.6 is 0 Å². The van der Waals surface area contributed by atoms with Gasteiger partial charge in [-0.25, -0.2) is 8.78 Å². The molecule has 0 fully saturated rings. The monoisotopic (exact) mass is 359 g/mol. The van der Waals surface area contributed by atoms with Crippen molar-refractivity contribution in [3.05, 3.63) is 71.0 Å². The highest BCUT2D eigenvalue weighted by atomic mass is 19.1. The Hall–Kier alpha value is -3.22. The molecule has 5 nitrogen and oxygen atoms in total. The molecule has 26 heavy (non-hydrogen) atoms. The fraction of sp³-hybridized carbons (Fsp3) is 0.158. The molecule has 1 aliphatic heterocycles. The number of Topliss-reactive ketones (excluding diaryl/α,β-unsaturated/α-hetero) is 1. The highest BCUT2D eigenvalue weighted by Gasteiger charge is 2.44. The van der Waals surface area contributed by atoms with Crippen LogP contribution in [0.15, 0.2) is 53.8 Å². The summed E-state index contributed by atoms with van der Waals surface area (Å²) in [5.74, 6) is -4.04. The summed E-state index contributed by atoms with van der Waals surface area (Å²) in [4.78, 5) is 25.8. The zero-order chi connectivity index (χ0) is 19.0. The lowest BCUT2D eigenvalue weighted by atomic mass is 9.94. The molecule has 0 spiro atoms. The van der Waals surface area contributed by atoms with Crippen molar-refractivity contribution >= 4 is 17.4 Å². The maximum atomic E-state index is 14.3. The number of carbonyl (C=O) groups excluding carboxylic acids is 2. The molecule has 0 bridgehead atoms. The van der Waals surface area contributed by atoms with E-state index in [2.05, 4.69) is 0 Å². The van der Waals surface area contributed by atoms with Gasteiger partial charge in [0.2, 0.25) is 0 Å². The van der Waals surface area contributed by atoms with Gasteiger partial charge in [0.05, 0.1) is 17.3 Å². The largest absolute Gasteiger partial charge is 0.508 e. The quantitative estimate of drug-likeness (QED) is 0.875. The van der Waals surface area contributed by atoms with Crippen molar-refractivity contribution < 1.29 is 28.6 Å². The van der Waals surface area contributed by atoms with Crippen molar-refractivity contribution in [3.8, 4) is 5.75 Å². The lowest BCUT2D eigenvalue weighted by molar-refractivity contribution is -0.118. The van der Waals surface area contributed by atoms with Crippen LogP contribution in [0.3, 0.4) is 0 Å². The summed E-state index contributed by atoms with van der Waals surface area (Å²) in [6, 6.07) is 7.21. The number of phenols is 1. The molecule has 134 valence electrons. The number of carbonyl (C=O) groups is 2. The average Bonchev–Trinajstić information content (AvgIpc) is 2.87. The van der Waals surface area contributed by atoms with E-state index in [1.165, 1.54) is 24.3 Å². The van der Waals surface area contributed by atoms with Crippen LogP contribution in [-0.2, 0) is 9.59 Å². The molecular weight excluding hydrogens is 344 g/mol. The standard InChI is InChI=1S/C19H15F2NO4/c1-2-15(24)16-17(10-3-6-12(23)7-4-10)22(19(26)18(16)25)14-8-5-11(20)9-13(14)21/h3-9,17,23,25H,2H2,1H3. The molecule has 0 aromatic heterocycles. The molecule has 0 saturated carbocycles. The van der Waals surface area contributed by atoms with Crippen molar-refractivity contribution in [2.75, 3.05) is 4.90 Å². The summed E-state index contributed by atoms with van der Waals surface area (Å²) >= 11 is 0. The number of benzene rings is 2. The van der Waals surface area contributed by atoms with Crippen LogP contribution in [0.5, 0.6) is 5.75 Å². The Balaban J connectivity index is 2.20. The molecule has 2 aromatic carbocycles. The van der Waals surface area contributed by atoms with Gasteiger partial charge in [-0.1, -0.05) is 19.1 Å². The number of halogens is 2. The van der Waals surface area contributed by atoms with Crippen molar-refractivity contribution in [2.24, 2.45) is 0 Å². The summed E-state index contributed by atoms with van der Waals surface area (Å²) in [6.07, 6.45) is 0.0288. The second-order valence-corrected chi connectivity index (χ2v) is 5.80. The number of ketones is 1. The zero-order valence-electron chi connectivity index (χ0n) is 13.7. The van der Waals surface area contributed by atoms with Crippen LogP contribution in [0.25, 0.3) is 0 Å². The number of phenolic OH excluding ortho intramolecular Hbond substituents is 1. The predicted molar refractivity (Wildman–Crippen MR) is 89.6 cm³/mol. The lowest BCUT2D eigenvalue weighted by Gasteiger charge is -2.27. The van der Waals surface area contributed by atoms with Gasteiger partial charge in [0.15, 0.2) is 11.5 Å². The number of aliphatic hydroxyl groups is 1. The summed E-state index contributed by atoms with van der Waals surface area (Å²) in [7, 11) is 0. The van der Waals surface area contributed by atoms with E-state index in [0.717, 1.165) is 17.0 Å². The lowest BCUT2D eigenvalue weighted by Crippen LogP contribution is -2.31. The van der Waals surface area contributed by atoms with Gasteiger partial charge in [0.25, 0.3) is 5.91 Å². The maximum Gasteiger partial charge on any atom is 0.294 e. The molecule has 1 heterocycles. The minimum Gasteiger partial charge on any atom is -0.508 e. The zero-order valence-corrected chi connectivity index (χ0v) is 13.7. The topological polar surface area (TPSA) is 77.8 Å². The fourth-order valence-electron chi connectivity index (χ4n) is 2.98. The smallest absolute Gasteiger partial charge is 0.294 e. The van der Waals surface area contributed by atoms with Crippen molar-refractivity contribution in [2.45, 2.75) is 19.4 Å². The second kappa shape index (κ2) is 6.59. The van der Waals surface area contributed by atoms with Crippen LogP contribution in [0.1, 0.15) is 24.9 Å². The third kappa shape index (κ3) is 2.81. The molecule has 0 aliphatic carbocycles. The summed E-state index contributed by atoms with van der Waals surface area (Å²) in [5, 5.41) is 19.7. The number of aliphatic hydroxyl groups excluding tert-OH is 1. The van der Waals surface area contributed by atoms with E-state index in [9.17, 15) is 28.6 Å². The van der Waals surface area contributed by atoms with Gasteiger partial charge in [-0.15, -0.1) is 0 Å². The van der Waals surface area contributed by atoms with Gasteiger partial charge >= 0.3 is 0 Å². The Labute approximate surface area is 147 Å². The number of hydrogen-bond acceptors (Lipinski definition) is 4. The van der Waals surface area contributed by atoms with E-state index < -0.39 is 35.1 Å². The minimum atomic E-state index is -1.09. The molecule has 7 heteroatoms. The van der Waals surface area contributed by atoms with E-state index in [-0.39, 0.29) is 23.4 Å². The molecule has 3 rings (SSSR count). The second-order valence-electron chi connectivity index (χ2n) is 5.80. The highest BCUT2D eigenvalue weighted by Crippen LogP contribution is 2.42. The first kappa shape index (κ1) is 17.6. The van der Waals surface area contributed by atoms with E-state index >= 15 is 0 Å². The van der Waals surface area contributed by atoms with Gasteiger partial charge in [-0.3, -0.25) is 14.5 Å². The number of rotatable bonds is 4. The van der Waals surface area contributed by atoms with E-state index in [1.807, 2.05) is 0 Å². The Kier molecular flexibility index (Phi) is 4.46. The number of amides is 1. The van der Waals surface area contributed by atoms with Gasteiger partial charge in [-0.2, -0.15) is 0 Å². The third-order valence-electron chi connectivity index (χ3n) is 4.21. The first-order chi connectivity index (χ1) is 12.3. The molecule has 2 aromatic rings. The Bertz CT molecular complexity index is 922. The average molecular weight is 359 g/mol. The normalized spacial score (nSPS) is 17.1. The highest BCUT2D eigenvalue weighted by molar-refractivity contribution is 6.16. The molecule has 2 N–H and O–H groups in total. The molecular formula is C19H15F2NO4. The molecule has 1 amide bonds. The maximum absolute atomic E-state index is 14.3.